The van der Waals surface area contributed by atoms with Gasteiger partial charge in [-0.3, -0.25) is 4.57 Å². The van der Waals surface area contributed by atoms with Crippen LogP contribution in [0, 0.1) is 6.92 Å². The van der Waals surface area contributed by atoms with Crippen molar-refractivity contribution in [1.29, 1.82) is 0 Å². The van der Waals surface area contributed by atoms with E-state index in [0.29, 0.717) is 6.04 Å². The first kappa shape index (κ1) is 14.0. The van der Waals surface area contributed by atoms with E-state index < -0.39 is 0 Å². The van der Waals surface area contributed by atoms with Gasteiger partial charge in [-0.05, 0) is 44.0 Å². The molecular weight excluding hydrogens is 262 g/mol. The van der Waals surface area contributed by atoms with Gasteiger partial charge in [0.1, 0.15) is 5.75 Å². The molecule has 3 rings (SSSR count). The van der Waals surface area contributed by atoms with E-state index in [1.807, 2.05) is 19.1 Å². The average Bonchev–Trinajstić information content (AvgIpc) is 2.89. The summed E-state index contributed by atoms with van der Waals surface area (Å²) in [7, 11) is 1.69. The van der Waals surface area contributed by atoms with E-state index in [4.69, 9.17) is 4.74 Å². The van der Waals surface area contributed by atoms with Crippen molar-refractivity contribution >= 4 is 5.95 Å². The molecule has 0 unspecified atom stereocenters. The van der Waals surface area contributed by atoms with Gasteiger partial charge in [0, 0.05) is 17.9 Å². The number of ether oxygens (including phenoxy) is 1. The maximum atomic E-state index is 5.22. The first-order valence-electron chi connectivity index (χ1n) is 7.73. The largest absolute Gasteiger partial charge is 0.497 e. The molecule has 0 aliphatic heterocycles. The molecule has 112 valence electrons. The molecule has 0 bridgehead atoms. The predicted molar refractivity (Wildman–Crippen MR) is 85.3 cm³/mol. The van der Waals surface area contributed by atoms with Crippen LogP contribution in [0.4, 0.5) is 5.95 Å². The van der Waals surface area contributed by atoms with Crippen molar-refractivity contribution in [2.75, 3.05) is 12.4 Å². The maximum absolute atomic E-state index is 5.22. The summed E-state index contributed by atoms with van der Waals surface area (Å²) >= 11 is 0. The number of aryl methyl sites for hydroxylation is 1. The number of benzene rings is 1. The smallest absolute Gasteiger partial charge is 0.207 e. The van der Waals surface area contributed by atoms with E-state index >= 15 is 0 Å². The van der Waals surface area contributed by atoms with Gasteiger partial charge in [-0.25, -0.2) is 4.98 Å². The molecule has 1 fully saturated rings. The highest BCUT2D eigenvalue weighted by molar-refractivity contribution is 5.45. The van der Waals surface area contributed by atoms with Gasteiger partial charge >= 0.3 is 0 Å². The zero-order valence-corrected chi connectivity index (χ0v) is 12.8. The zero-order chi connectivity index (χ0) is 14.7. The molecule has 4 nitrogen and oxygen atoms in total. The van der Waals surface area contributed by atoms with E-state index in [9.17, 15) is 0 Å². The maximum Gasteiger partial charge on any atom is 0.207 e. The lowest BCUT2D eigenvalue weighted by molar-refractivity contribution is 0.414. The molecule has 0 radical (unpaired) electrons. The molecule has 0 atom stereocenters. The molecular formula is C17H23N3O. The van der Waals surface area contributed by atoms with Crippen LogP contribution in [-0.4, -0.2) is 22.7 Å². The Bertz CT molecular complexity index is 583. The van der Waals surface area contributed by atoms with Crippen LogP contribution < -0.4 is 10.1 Å². The van der Waals surface area contributed by atoms with Gasteiger partial charge in [0.05, 0.1) is 12.8 Å². The van der Waals surface area contributed by atoms with Crippen molar-refractivity contribution in [3.8, 4) is 11.4 Å². The molecule has 1 saturated carbocycles. The van der Waals surface area contributed by atoms with Gasteiger partial charge in [0.2, 0.25) is 5.95 Å². The van der Waals surface area contributed by atoms with Crippen LogP contribution in [0.25, 0.3) is 5.69 Å². The van der Waals surface area contributed by atoms with Crippen LogP contribution in [0.15, 0.2) is 30.5 Å². The number of rotatable bonds is 4. The number of hydrogen-bond acceptors (Lipinski definition) is 3. The van der Waals surface area contributed by atoms with Crippen LogP contribution in [-0.2, 0) is 0 Å². The summed E-state index contributed by atoms with van der Waals surface area (Å²) in [5.41, 5.74) is 2.14. The summed E-state index contributed by atoms with van der Waals surface area (Å²) in [5, 5.41) is 3.62. The quantitative estimate of drug-likeness (QED) is 0.925. The zero-order valence-electron chi connectivity index (χ0n) is 12.8. The van der Waals surface area contributed by atoms with Crippen molar-refractivity contribution in [3.63, 3.8) is 0 Å². The lowest BCUT2D eigenvalue weighted by atomic mass is 9.96. The molecule has 1 heterocycles. The number of nitrogens with one attached hydrogen (secondary N) is 1. The fourth-order valence-corrected chi connectivity index (χ4v) is 2.97. The second kappa shape index (κ2) is 6.20. The van der Waals surface area contributed by atoms with Gasteiger partial charge in [0.15, 0.2) is 0 Å². The number of anilines is 1. The molecule has 21 heavy (non-hydrogen) atoms. The number of imidazole rings is 1. The highest BCUT2D eigenvalue weighted by Crippen LogP contribution is 2.24. The molecule has 1 aliphatic carbocycles. The molecule has 0 saturated heterocycles. The Morgan fingerprint density at radius 3 is 2.52 bits per heavy atom. The van der Waals surface area contributed by atoms with E-state index in [2.05, 4.69) is 33.2 Å². The van der Waals surface area contributed by atoms with Crippen LogP contribution in [0.2, 0.25) is 0 Å². The summed E-state index contributed by atoms with van der Waals surface area (Å²) < 4.78 is 7.35. The van der Waals surface area contributed by atoms with Gasteiger partial charge in [-0.15, -0.1) is 0 Å². The monoisotopic (exact) mass is 285 g/mol. The molecule has 1 N–H and O–H groups in total. The third-order valence-electron chi connectivity index (χ3n) is 4.12. The van der Waals surface area contributed by atoms with Gasteiger partial charge < -0.3 is 10.1 Å². The molecule has 0 spiro atoms. The van der Waals surface area contributed by atoms with E-state index in [-0.39, 0.29) is 0 Å². The topological polar surface area (TPSA) is 39.1 Å². The second-order valence-corrected chi connectivity index (χ2v) is 5.75. The molecule has 1 aromatic heterocycles. The fourth-order valence-electron chi connectivity index (χ4n) is 2.97. The number of nitrogens with zero attached hydrogens (tertiary/aromatic N) is 2. The Morgan fingerprint density at radius 2 is 1.86 bits per heavy atom. The summed E-state index contributed by atoms with van der Waals surface area (Å²) in [5.74, 6) is 1.82. The third-order valence-corrected chi connectivity index (χ3v) is 4.12. The second-order valence-electron chi connectivity index (χ2n) is 5.75. The van der Waals surface area contributed by atoms with Crippen LogP contribution >= 0.6 is 0 Å². The Hall–Kier alpha value is -1.97. The minimum atomic E-state index is 0.553. The van der Waals surface area contributed by atoms with E-state index in [0.717, 1.165) is 23.1 Å². The Balaban J connectivity index is 1.83. The number of hydrogen-bond donors (Lipinski definition) is 1. The van der Waals surface area contributed by atoms with Crippen LogP contribution in [0.3, 0.4) is 0 Å². The van der Waals surface area contributed by atoms with E-state index in [1.165, 1.54) is 32.1 Å². The van der Waals surface area contributed by atoms with Crippen molar-refractivity contribution in [2.24, 2.45) is 0 Å². The SMILES string of the molecule is COc1ccc(-n2cc(C)nc2NC2CCCCC2)cc1. The minimum absolute atomic E-state index is 0.553. The first-order valence-corrected chi connectivity index (χ1v) is 7.73. The van der Waals surface area contributed by atoms with E-state index in [1.54, 1.807) is 7.11 Å². The van der Waals surface area contributed by atoms with Crippen molar-refractivity contribution in [1.82, 2.24) is 9.55 Å². The van der Waals surface area contributed by atoms with Crippen LogP contribution in [0.1, 0.15) is 37.8 Å². The summed E-state index contributed by atoms with van der Waals surface area (Å²) in [6.45, 7) is 2.03. The fraction of sp³-hybridized carbons (Fsp3) is 0.471. The lowest BCUT2D eigenvalue weighted by Gasteiger charge is -2.23. The summed E-state index contributed by atoms with van der Waals surface area (Å²) in [6, 6.07) is 8.64. The normalized spacial score (nSPS) is 15.9. The molecule has 1 aliphatic rings. The Morgan fingerprint density at radius 1 is 1.14 bits per heavy atom. The Labute approximate surface area is 126 Å². The highest BCUT2D eigenvalue weighted by atomic mass is 16.5. The third kappa shape index (κ3) is 3.20. The molecule has 4 heteroatoms. The summed E-state index contributed by atoms with van der Waals surface area (Å²) in [6.07, 6.45) is 8.57. The van der Waals surface area contributed by atoms with Crippen molar-refractivity contribution in [3.05, 3.63) is 36.2 Å². The molecule has 1 aromatic carbocycles. The van der Waals surface area contributed by atoms with Gasteiger partial charge in [0.25, 0.3) is 0 Å². The first-order chi connectivity index (χ1) is 10.3. The molecule has 2 aromatic rings. The average molecular weight is 285 g/mol. The van der Waals surface area contributed by atoms with Gasteiger partial charge in [-0.2, -0.15) is 0 Å². The lowest BCUT2D eigenvalue weighted by Crippen LogP contribution is -2.24. The predicted octanol–water partition coefficient (Wildman–Crippen LogP) is 3.93. The van der Waals surface area contributed by atoms with Crippen molar-refractivity contribution in [2.45, 2.75) is 45.1 Å². The number of methoxy groups -OCH3 is 1. The van der Waals surface area contributed by atoms with Gasteiger partial charge in [-0.1, -0.05) is 19.3 Å². The Kier molecular flexibility index (Phi) is 4.13. The van der Waals surface area contributed by atoms with Crippen LogP contribution in [0.5, 0.6) is 5.75 Å². The van der Waals surface area contributed by atoms with Crippen molar-refractivity contribution < 1.29 is 4.74 Å². The summed E-state index contributed by atoms with van der Waals surface area (Å²) in [4.78, 5) is 4.64. The minimum Gasteiger partial charge on any atom is -0.497 e. The standard InChI is InChI=1S/C17H23N3O/c1-13-12-20(15-8-10-16(21-2)11-9-15)17(18-13)19-14-6-4-3-5-7-14/h8-12,14H,3-7H2,1-2H3,(H,18,19). The molecule has 0 amide bonds. The highest BCUT2D eigenvalue weighted by Gasteiger charge is 2.16. The number of aromatic nitrogens is 2.